The van der Waals surface area contributed by atoms with Gasteiger partial charge >= 0.3 is 0 Å². The van der Waals surface area contributed by atoms with Gasteiger partial charge in [0, 0.05) is 17.5 Å². The molecular formula is C26H26ClN3O4S2. The van der Waals surface area contributed by atoms with E-state index in [1.807, 2.05) is 34.9 Å². The summed E-state index contributed by atoms with van der Waals surface area (Å²) in [5, 5.41) is 12.2. The lowest BCUT2D eigenvalue weighted by molar-refractivity contribution is 0.101. The fraction of sp³-hybridized carbons (Fsp3) is 0.231. The Morgan fingerprint density at radius 2 is 1.86 bits per heavy atom. The van der Waals surface area contributed by atoms with Gasteiger partial charge < -0.3 is 9.67 Å². The van der Waals surface area contributed by atoms with Crippen LogP contribution in [0.1, 0.15) is 47.2 Å². The van der Waals surface area contributed by atoms with Crippen molar-refractivity contribution in [1.82, 2.24) is 9.55 Å². The van der Waals surface area contributed by atoms with Crippen molar-refractivity contribution in [1.29, 1.82) is 0 Å². The van der Waals surface area contributed by atoms with Crippen LogP contribution >= 0.6 is 22.9 Å². The summed E-state index contributed by atoms with van der Waals surface area (Å²) in [6, 6.07) is 18.0. The van der Waals surface area contributed by atoms with E-state index in [0.29, 0.717) is 33.5 Å². The molecule has 0 spiro atoms. The maximum absolute atomic E-state index is 13.0. The fourth-order valence-corrected chi connectivity index (χ4v) is 5.79. The zero-order chi connectivity index (χ0) is 25.7. The predicted molar refractivity (Wildman–Crippen MR) is 145 cm³/mol. The van der Waals surface area contributed by atoms with Gasteiger partial charge in [-0.3, -0.25) is 9.35 Å². The quantitative estimate of drug-likeness (QED) is 0.242. The van der Waals surface area contributed by atoms with E-state index >= 15 is 0 Å². The third-order valence-corrected chi connectivity index (χ3v) is 7.85. The average Bonchev–Trinajstić information content (AvgIpc) is 3.48. The van der Waals surface area contributed by atoms with Gasteiger partial charge in [-0.1, -0.05) is 67.4 Å². The third-order valence-electron chi connectivity index (χ3n) is 5.75. The molecule has 2 N–H and O–H groups in total. The second kappa shape index (κ2) is 11.9. The third kappa shape index (κ3) is 5.61. The first-order valence-corrected chi connectivity index (χ1v) is 13.8. The molecule has 0 aliphatic carbocycles. The van der Waals surface area contributed by atoms with Crippen LogP contribution in [0.5, 0.6) is 0 Å². The second-order valence-corrected chi connectivity index (χ2v) is 10.2. The van der Waals surface area contributed by atoms with E-state index in [1.165, 1.54) is 11.3 Å². The van der Waals surface area contributed by atoms with E-state index in [1.54, 1.807) is 35.7 Å². The van der Waals surface area contributed by atoms with Crippen LogP contribution in [0.25, 0.3) is 11.1 Å². The largest absolute Gasteiger partial charge is 0.390 e. The van der Waals surface area contributed by atoms with Gasteiger partial charge in [0.05, 0.1) is 13.2 Å². The molecule has 0 saturated heterocycles. The first kappa shape index (κ1) is 26.2. The van der Waals surface area contributed by atoms with Crippen molar-refractivity contribution < 1.29 is 18.7 Å². The summed E-state index contributed by atoms with van der Waals surface area (Å²) in [6.45, 7) is 2.40. The summed E-state index contributed by atoms with van der Waals surface area (Å²) in [6.07, 6.45) is 2.78. The summed E-state index contributed by atoms with van der Waals surface area (Å²) in [4.78, 5) is 17.5. The summed E-state index contributed by atoms with van der Waals surface area (Å²) in [7, 11) is 0. The number of aliphatic hydroxyl groups excluding tert-OH is 1. The number of benzene rings is 2. The minimum absolute atomic E-state index is 0.213. The van der Waals surface area contributed by atoms with Crippen LogP contribution in [0.15, 0.2) is 66.0 Å². The van der Waals surface area contributed by atoms with Crippen LogP contribution in [0, 0.1) is 0 Å². The monoisotopic (exact) mass is 543 g/mol. The van der Waals surface area contributed by atoms with Crippen LogP contribution in [0.2, 0.25) is 5.15 Å². The summed E-state index contributed by atoms with van der Waals surface area (Å²) < 4.78 is 25.0. The Hall–Kier alpha value is -2.82. The molecule has 0 fully saturated rings. The van der Waals surface area contributed by atoms with Gasteiger partial charge in [-0.2, -0.15) is 4.31 Å². The Balaban J connectivity index is 1.61. The second-order valence-electron chi connectivity index (χ2n) is 8.15. The van der Waals surface area contributed by atoms with Gasteiger partial charge in [-0.15, -0.1) is 11.3 Å². The zero-order valence-corrected chi connectivity index (χ0v) is 22.0. The number of thiophene rings is 1. The SMILES string of the molecule is CCCCc1nc(CO)c(Cl)n1Cc1ccc(-c2ccsc2N(C(=O)c2ccccc2)S(=O)O)cc1. The van der Waals surface area contributed by atoms with Gasteiger partial charge in [0.1, 0.15) is 21.7 Å². The number of halogens is 1. The van der Waals surface area contributed by atoms with Crippen LogP contribution in [-0.2, 0) is 30.8 Å². The molecule has 0 aliphatic rings. The molecule has 2 heterocycles. The number of anilines is 1. The number of carbonyl (C=O) groups excluding carboxylic acids is 1. The van der Waals surface area contributed by atoms with Gasteiger partial charge in [0.15, 0.2) is 0 Å². The number of aromatic nitrogens is 2. The number of aliphatic hydroxyl groups is 1. The normalized spacial score (nSPS) is 12.0. The lowest BCUT2D eigenvalue weighted by atomic mass is 10.1. The first-order chi connectivity index (χ1) is 17.4. The molecule has 1 amide bonds. The molecule has 4 aromatic rings. The molecule has 4 rings (SSSR count). The van der Waals surface area contributed by atoms with Gasteiger partial charge in [0.2, 0.25) is 0 Å². The number of carbonyl (C=O) groups is 1. The average molecular weight is 544 g/mol. The number of aryl methyl sites for hydroxylation is 1. The van der Waals surface area contributed by atoms with E-state index in [9.17, 15) is 18.7 Å². The number of hydrogen-bond donors (Lipinski definition) is 2. The summed E-state index contributed by atoms with van der Waals surface area (Å²) in [5.74, 6) is 0.293. The molecule has 188 valence electrons. The molecule has 1 atom stereocenters. The molecular weight excluding hydrogens is 518 g/mol. The first-order valence-electron chi connectivity index (χ1n) is 11.5. The molecule has 36 heavy (non-hydrogen) atoms. The smallest absolute Gasteiger partial charge is 0.272 e. The molecule has 7 nitrogen and oxygen atoms in total. The number of hydrogen-bond acceptors (Lipinski definition) is 5. The number of rotatable bonds is 10. The molecule has 10 heteroatoms. The van der Waals surface area contributed by atoms with Gasteiger partial charge in [-0.05, 0) is 41.1 Å². The number of nitrogens with zero attached hydrogens (tertiary/aromatic N) is 3. The standard InChI is InChI=1S/C26H26ClN3O4S2/c1-2-3-9-23-28-22(17-31)24(27)29(23)16-18-10-12-19(13-11-18)21-14-15-35-26(21)30(36(33)34)25(32)20-7-5-4-6-8-20/h4-8,10-15,31H,2-3,9,16-17H2,1H3,(H,33,34). The highest BCUT2D eigenvalue weighted by Crippen LogP contribution is 2.37. The number of amides is 1. The fourth-order valence-electron chi connectivity index (χ4n) is 3.90. The van der Waals surface area contributed by atoms with E-state index < -0.39 is 17.2 Å². The molecule has 2 aromatic heterocycles. The van der Waals surface area contributed by atoms with Crippen molar-refractivity contribution in [3.8, 4) is 11.1 Å². The number of imidazole rings is 1. The van der Waals surface area contributed by atoms with Crippen molar-refractivity contribution in [2.75, 3.05) is 4.31 Å². The van der Waals surface area contributed by atoms with Gasteiger partial charge in [-0.25, -0.2) is 9.19 Å². The molecule has 0 aliphatic heterocycles. The van der Waals surface area contributed by atoms with E-state index in [4.69, 9.17) is 11.6 Å². The van der Waals surface area contributed by atoms with Gasteiger partial charge in [0.25, 0.3) is 17.2 Å². The van der Waals surface area contributed by atoms with Crippen molar-refractivity contribution in [3.63, 3.8) is 0 Å². The van der Waals surface area contributed by atoms with Crippen molar-refractivity contribution >= 4 is 45.1 Å². The van der Waals surface area contributed by atoms with Crippen LogP contribution in [-0.4, -0.2) is 29.3 Å². The predicted octanol–water partition coefficient (Wildman–Crippen LogP) is 5.93. The Bertz CT molecular complexity index is 1350. The molecule has 2 aromatic carbocycles. The Kier molecular flexibility index (Phi) is 8.71. The van der Waals surface area contributed by atoms with E-state index in [-0.39, 0.29) is 6.61 Å². The highest BCUT2D eigenvalue weighted by molar-refractivity contribution is 7.82. The zero-order valence-electron chi connectivity index (χ0n) is 19.6. The van der Waals surface area contributed by atoms with Crippen LogP contribution < -0.4 is 4.31 Å². The van der Waals surface area contributed by atoms with Crippen molar-refractivity contribution in [3.05, 3.63) is 93.8 Å². The molecule has 0 radical (unpaired) electrons. The summed E-state index contributed by atoms with van der Waals surface area (Å²) in [5.41, 5.74) is 3.28. The minimum Gasteiger partial charge on any atom is -0.390 e. The van der Waals surface area contributed by atoms with E-state index in [0.717, 1.165) is 40.5 Å². The lowest BCUT2D eigenvalue weighted by Crippen LogP contribution is -2.32. The highest BCUT2D eigenvalue weighted by Gasteiger charge is 2.27. The topological polar surface area (TPSA) is 95.7 Å². The molecule has 0 bridgehead atoms. The lowest BCUT2D eigenvalue weighted by Gasteiger charge is -2.18. The molecule has 1 unspecified atom stereocenters. The van der Waals surface area contributed by atoms with Crippen LogP contribution in [0.4, 0.5) is 5.00 Å². The van der Waals surface area contributed by atoms with Crippen LogP contribution in [0.3, 0.4) is 0 Å². The Morgan fingerprint density at radius 1 is 1.14 bits per heavy atom. The maximum atomic E-state index is 13.0. The summed E-state index contributed by atoms with van der Waals surface area (Å²) >= 11 is 5.18. The highest BCUT2D eigenvalue weighted by atomic mass is 35.5. The van der Waals surface area contributed by atoms with E-state index in [2.05, 4.69) is 11.9 Å². The minimum atomic E-state index is -2.54. The Labute approximate surface area is 221 Å². The maximum Gasteiger partial charge on any atom is 0.272 e. The molecule has 0 saturated carbocycles. The Morgan fingerprint density at radius 3 is 2.50 bits per heavy atom. The van der Waals surface area contributed by atoms with Crippen molar-refractivity contribution in [2.24, 2.45) is 0 Å². The number of unbranched alkanes of at least 4 members (excludes halogenated alkanes) is 1. The van der Waals surface area contributed by atoms with Crippen molar-refractivity contribution in [2.45, 2.75) is 39.3 Å².